The third-order valence-corrected chi connectivity index (χ3v) is 2.74. The van der Waals surface area contributed by atoms with Crippen LogP contribution in [0, 0.1) is 17.2 Å². The van der Waals surface area contributed by atoms with Crippen LogP contribution in [-0.2, 0) is 0 Å². The highest BCUT2D eigenvalue weighted by Crippen LogP contribution is 2.10. The number of urea groups is 1. The van der Waals surface area contributed by atoms with E-state index in [9.17, 15) is 4.79 Å². The minimum atomic E-state index is -0.408. The zero-order valence-corrected chi connectivity index (χ0v) is 12.9. The number of amides is 2. The fourth-order valence-electron chi connectivity index (χ4n) is 1.83. The molecule has 0 spiro atoms. The molecule has 8 heteroatoms. The molecule has 2 amide bonds. The van der Waals surface area contributed by atoms with Crippen molar-refractivity contribution in [1.82, 2.24) is 20.4 Å². The summed E-state index contributed by atoms with van der Waals surface area (Å²) in [6.45, 7) is 4.56. The van der Waals surface area contributed by atoms with E-state index in [0.29, 0.717) is 18.1 Å². The highest BCUT2D eigenvalue weighted by Gasteiger charge is 2.14. The molecule has 0 saturated carbocycles. The third-order valence-electron chi connectivity index (χ3n) is 2.74. The number of hydrazine groups is 1. The molecule has 0 atom stereocenters. The summed E-state index contributed by atoms with van der Waals surface area (Å²) in [6.07, 6.45) is 4.66. The second-order valence-corrected chi connectivity index (χ2v) is 5.16. The molecule has 8 nitrogen and oxygen atoms in total. The van der Waals surface area contributed by atoms with Crippen LogP contribution in [0.3, 0.4) is 0 Å². The van der Waals surface area contributed by atoms with Crippen molar-refractivity contribution in [1.29, 1.82) is 5.26 Å². The second-order valence-electron chi connectivity index (χ2n) is 5.16. The first kappa shape index (κ1) is 16.2. The van der Waals surface area contributed by atoms with Crippen molar-refractivity contribution in [3.63, 3.8) is 0 Å². The molecule has 2 aromatic heterocycles. The topological polar surface area (TPSA) is 107 Å². The summed E-state index contributed by atoms with van der Waals surface area (Å²) in [7, 11) is 0. The predicted octanol–water partition coefficient (Wildman–Crippen LogP) is 1.94. The number of carbonyl (C=O) groups excluding carboxylic acids is 1. The van der Waals surface area contributed by atoms with Crippen molar-refractivity contribution in [2.75, 3.05) is 16.9 Å². The number of carbonyl (C=O) groups is 1. The first-order valence-electron chi connectivity index (χ1n) is 7.07. The average Bonchev–Trinajstić information content (AvgIpc) is 2.54. The first-order chi connectivity index (χ1) is 11.1. The van der Waals surface area contributed by atoms with Crippen LogP contribution in [0.2, 0.25) is 0 Å². The molecule has 0 aliphatic rings. The Hall–Kier alpha value is -3.21. The van der Waals surface area contributed by atoms with Gasteiger partial charge < -0.3 is 5.32 Å². The number of pyridine rings is 1. The predicted molar refractivity (Wildman–Crippen MR) is 85.3 cm³/mol. The van der Waals surface area contributed by atoms with Gasteiger partial charge in [0.05, 0.1) is 0 Å². The van der Waals surface area contributed by atoms with Gasteiger partial charge in [0, 0.05) is 36.9 Å². The largest absolute Gasteiger partial charge is 0.338 e. The number of nitriles is 1. The maximum Gasteiger partial charge on any atom is 0.338 e. The molecule has 2 heterocycles. The van der Waals surface area contributed by atoms with E-state index in [1.165, 1.54) is 6.20 Å². The standard InChI is InChI=1S/C15H17N7O/c1-11(2)10-22(14-5-8-18-13(9-16)20-14)21-15(23)19-12-3-6-17-7-4-12/h3-8,11H,10H2,1-2H3,(H2,17,19,21,23). The van der Waals surface area contributed by atoms with Crippen LogP contribution in [0.1, 0.15) is 19.7 Å². The van der Waals surface area contributed by atoms with E-state index in [2.05, 4.69) is 25.7 Å². The first-order valence-corrected chi connectivity index (χ1v) is 7.07. The molecule has 2 rings (SSSR count). The Morgan fingerprint density at radius 1 is 1.30 bits per heavy atom. The van der Waals surface area contributed by atoms with Gasteiger partial charge in [0.1, 0.15) is 6.07 Å². The lowest BCUT2D eigenvalue weighted by Crippen LogP contribution is -2.46. The van der Waals surface area contributed by atoms with E-state index in [0.717, 1.165) is 0 Å². The van der Waals surface area contributed by atoms with Gasteiger partial charge in [0.2, 0.25) is 5.82 Å². The summed E-state index contributed by atoms with van der Waals surface area (Å²) in [5, 5.41) is 13.2. The fourth-order valence-corrected chi connectivity index (χ4v) is 1.83. The molecule has 0 radical (unpaired) electrons. The summed E-state index contributed by atoms with van der Waals surface area (Å²) >= 11 is 0. The molecule has 0 aromatic carbocycles. The Morgan fingerprint density at radius 2 is 2.04 bits per heavy atom. The Balaban J connectivity index is 2.12. The van der Waals surface area contributed by atoms with Crippen molar-refractivity contribution in [3.05, 3.63) is 42.6 Å². The minimum Gasteiger partial charge on any atom is -0.306 e. The molecule has 0 bridgehead atoms. The van der Waals surface area contributed by atoms with Crippen LogP contribution < -0.4 is 15.8 Å². The van der Waals surface area contributed by atoms with Gasteiger partial charge in [-0.1, -0.05) is 13.8 Å². The van der Waals surface area contributed by atoms with E-state index < -0.39 is 6.03 Å². The average molecular weight is 311 g/mol. The van der Waals surface area contributed by atoms with Gasteiger partial charge in [-0.25, -0.2) is 15.2 Å². The van der Waals surface area contributed by atoms with Crippen molar-refractivity contribution in [2.45, 2.75) is 13.8 Å². The van der Waals surface area contributed by atoms with Gasteiger partial charge >= 0.3 is 6.03 Å². The Morgan fingerprint density at radius 3 is 2.70 bits per heavy atom. The van der Waals surface area contributed by atoms with Gasteiger partial charge in [0.25, 0.3) is 0 Å². The number of hydrogen-bond donors (Lipinski definition) is 2. The van der Waals surface area contributed by atoms with Gasteiger partial charge in [-0.15, -0.1) is 0 Å². The highest BCUT2D eigenvalue weighted by atomic mass is 16.2. The number of aromatic nitrogens is 3. The number of nitrogens with one attached hydrogen (secondary N) is 2. The third kappa shape index (κ3) is 4.93. The zero-order chi connectivity index (χ0) is 16.7. The second kappa shape index (κ2) is 7.70. The molecular weight excluding hydrogens is 294 g/mol. The van der Waals surface area contributed by atoms with E-state index in [1.54, 1.807) is 35.6 Å². The highest BCUT2D eigenvalue weighted by molar-refractivity contribution is 5.90. The molecule has 0 unspecified atom stereocenters. The number of hydrogen-bond acceptors (Lipinski definition) is 6. The Bertz CT molecular complexity index is 696. The van der Waals surface area contributed by atoms with E-state index in [1.807, 2.05) is 19.9 Å². The van der Waals surface area contributed by atoms with Crippen LogP contribution >= 0.6 is 0 Å². The van der Waals surface area contributed by atoms with Crippen molar-refractivity contribution in [3.8, 4) is 6.07 Å². The molecule has 2 aromatic rings. The van der Waals surface area contributed by atoms with Gasteiger partial charge in [-0.2, -0.15) is 10.2 Å². The molecule has 0 aliphatic heterocycles. The Kier molecular flexibility index (Phi) is 5.41. The summed E-state index contributed by atoms with van der Waals surface area (Å²) in [6, 6.07) is 6.48. The molecule has 23 heavy (non-hydrogen) atoms. The summed E-state index contributed by atoms with van der Waals surface area (Å²) in [5.74, 6) is 0.777. The van der Waals surface area contributed by atoms with E-state index in [4.69, 9.17) is 5.26 Å². The van der Waals surface area contributed by atoms with Crippen LogP contribution in [-0.4, -0.2) is 27.5 Å². The molecule has 0 saturated heterocycles. The normalized spacial score (nSPS) is 10.0. The fraction of sp³-hybridized carbons (Fsp3) is 0.267. The Labute approximate surface area is 134 Å². The van der Waals surface area contributed by atoms with Gasteiger partial charge in [-0.3, -0.25) is 9.99 Å². The van der Waals surface area contributed by atoms with Crippen LogP contribution in [0.25, 0.3) is 0 Å². The quantitative estimate of drug-likeness (QED) is 0.817. The van der Waals surface area contributed by atoms with Crippen molar-refractivity contribution in [2.24, 2.45) is 5.92 Å². The lowest BCUT2D eigenvalue weighted by molar-refractivity contribution is 0.250. The molecular formula is C15H17N7O. The number of nitrogens with zero attached hydrogens (tertiary/aromatic N) is 5. The van der Waals surface area contributed by atoms with Crippen molar-refractivity contribution >= 4 is 17.5 Å². The molecule has 0 aliphatic carbocycles. The number of rotatable bonds is 5. The van der Waals surface area contributed by atoms with Gasteiger partial charge in [0.15, 0.2) is 5.82 Å². The monoisotopic (exact) mass is 311 g/mol. The van der Waals surface area contributed by atoms with Crippen LogP contribution in [0.5, 0.6) is 0 Å². The zero-order valence-electron chi connectivity index (χ0n) is 12.9. The lowest BCUT2D eigenvalue weighted by Gasteiger charge is -2.26. The smallest absolute Gasteiger partial charge is 0.306 e. The summed E-state index contributed by atoms with van der Waals surface area (Å²) < 4.78 is 0. The SMILES string of the molecule is CC(C)CN(NC(=O)Nc1ccncc1)c1ccnc(C#N)n1. The molecule has 2 N–H and O–H groups in total. The lowest BCUT2D eigenvalue weighted by atomic mass is 10.2. The minimum absolute atomic E-state index is 0.0487. The molecule has 118 valence electrons. The van der Waals surface area contributed by atoms with E-state index >= 15 is 0 Å². The van der Waals surface area contributed by atoms with Gasteiger partial charge in [-0.05, 0) is 18.1 Å². The van der Waals surface area contributed by atoms with Crippen LogP contribution in [0.4, 0.5) is 16.3 Å². The number of anilines is 2. The van der Waals surface area contributed by atoms with E-state index in [-0.39, 0.29) is 11.7 Å². The summed E-state index contributed by atoms with van der Waals surface area (Å²) in [5.41, 5.74) is 3.35. The maximum absolute atomic E-state index is 12.1. The van der Waals surface area contributed by atoms with Crippen LogP contribution in [0.15, 0.2) is 36.8 Å². The molecule has 0 fully saturated rings. The van der Waals surface area contributed by atoms with Crippen molar-refractivity contribution < 1.29 is 4.79 Å². The summed E-state index contributed by atoms with van der Waals surface area (Å²) in [4.78, 5) is 24.0. The maximum atomic E-state index is 12.1.